The molecular weight excluding hydrogens is 316 g/mol. The zero-order valence-corrected chi connectivity index (χ0v) is 12.8. The Bertz CT molecular complexity index is 869. The Kier molecular flexibility index (Phi) is 5.21. The molecule has 2 rings (SSSR count). The van der Waals surface area contributed by atoms with Gasteiger partial charge in [0.25, 0.3) is 11.5 Å². The van der Waals surface area contributed by atoms with Crippen LogP contribution in [-0.4, -0.2) is 26.8 Å². The van der Waals surface area contributed by atoms with Crippen LogP contribution in [0.5, 0.6) is 5.88 Å². The second kappa shape index (κ2) is 7.32. The number of aromatic amines is 1. The highest BCUT2D eigenvalue weighted by Crippen LogP contribution is 2.11. The molecule has 1 aromatic carbocycles. The maximum atomic E-state index is 11.8. The van der Waals surface area contributed by atoms with Gasteiger partial charge in [-0.1, -0.05) is 24.3 Å². The molecule has 1 amide bonds. The number of amides is 1. The van der Waals surface area contributed by atoms with Crippen LogP contribution < -0.4 is 11.0 Å². The topological polar surface area (TPSA) is 99.5 Å². The predicted octanol–water partition coefficient (Wildman–Crippen LogP) is 1.56. The smallest absolute Gasteiger partial charge is 0.271 e. The summed E-state index contributed by atoms with van der Waals surface area (Å²) < 4.78 is 1.35. The van der Waals surface area contributed by atoms with Crippen molar-refractivity contribution in [2.75, 3.05) is 0 Å². The van der Waals surface area contributed by atoms with Crippen LogP contribution in [0.15, 0.2) is 52.9 Å². The van der Waals surface area contributed by atoms with Gasteiger partial charge in [0, 0.05) is 12.1 Å². The molecule has 0 aliphatic rings. The van der Waals surface area contributed by atoms with E-state index in [0.29, 0.717) is 5.56 Å². The molecule has 0 bridgehead atoms. The molecule has 0 spiro atoms. The molecule has 0 unspecified atom stereocenters. The Labute approximate surface area is 136 Å². The van der Waals surface area contributed by atoms with E-state index in [0.717, 1.165) is 6.21 Å². The third-order valence-electron chi connectivity index (χ3n) is 2.91. The lowest BCUT2D eigenvalue weighted by molar-refractivity contribution is 0.0955. The van der Waals surface area contributed by atoms with E-state index in [1.165, 1.54) is 10.6 Å². The molecule has 0 fully saturated rings. The number of aromatic nitrogens is 2. The first-order valence-corrected chi connectivity index (χ1v) is 7.01. The van der Waals surface area contributed by atoms with E-state index >= 15 is 0 Å². The average Bonchev–Trinajstić information content (AvgIpc) is 2.55. The summed E-state index contributed by atoms with van der Waals surface area (Å²) in [5.74, 6) is -0.784. The van der Waals surface area contributed by atoms with Crippen molar-refractivity contribution in [1.82, 2.24) is 15.0 Å². The summed E-state index contributed by atoms with van der Waals surface area (Å²) in [6.45, 7) is 3.77. The van der Waals surface area contributed by atoms with Crippen molar-refractivity contribution in [2.45, 2.75) is 6.54 Å². The Morgan fingerprint density at radius 3 is 2.78 bits per heavy atom. The fourth-order valence-corrected chi connectivity index (χ4v) is 2.05. The Morgan fingerprint density at radius 1 is 1.43 bits per heavy atom. The van der Waals surface area contributed by atoms with Crippen LogP contribution in [0.2, 0.25) is 0 Å². The monoisotopic (exact) mass is 330 g/mol. The molecule has 1 aromatic heterocycles. The van der Waals surface area contributed by atoms with E-state index in [1.807, 2.05) is 0 Å². The quantitative estimate of drug-likeness (QED) is 0.335. The molecular formula is C15H14N4O3S. The molecule has 118 valence electrons. The summed E-state index contributed by atoms with van der Waals surface area (Å²) in [4.78, 5) is 26.1. The molecule has 2 aromatic rings. The lowest BCUT2D eigenvalue weighted by Gasteiger charge is -2.08. The van der Waals surface area contributed by atoms with Crippen LogP contribution in [0.25, 0.3) is 0 Å². The van der Waals surface area contributed by atoms with Crippen molar-refractivity contribution in [3.63, 3.8) is 0 Å². The minimum Gasteiger partial charge on any atom is -0.494 e. The first-order chi connectivity index (χ1) is 11.0. The van der Waals surface area contributed by atoms with Gasteiger partial charge in [0.05, 0.1) is 6.21 Å². The summed E-state index contributed by atoms with van der Waals surface area (Å²) in [6.07, 6.45) is 2.58. The van der Waals surface area contributed by atoms with Crippen molar-refractivity contribution in [3.8, 4) is 5.88 Å². The number of rotatable bonds is 5. The Balaban J connectivity index is 2.25. The number of carbonyl (C=O) groups excluding carboxylic acids is 1. The zero-order chi connectivity index (χ0) is 16.8. The molecule has 8 heteroatoms. The largest absolute Gasteiger partial charge is 0.494 e. The average molecular weight is 330 g/mol. The highest BCUT2D eigenvalue weighted by molar-refractivity contribution is 7.71. The Hall–Kier alpha value is -3.00. The molecule has 1 heterocycles. The summed E-state index contributed by atoms with van der Waals surface area (Å²) in [6, 6.07) is 8.47. The van der Waals surface area contributed by atoms with E-state index in [4.69, 9.17) is 12.2 Å². The van der Waals surface area contributed by atoms with Crippen molar-refractivity contribution in [3.05, 3.63) is 69.2 Å². The Morgan fingerprint density at radius 2 is 2.13 bits per heavy atom. The number of hydrazone groups is 1. The van der Waals surface area contributed by atoms with Gasteiger partial charge in [0.1, 0.15) is 5.56 Å². The van der Waals surface area contributed by atoms with Gasteiger partial charge in [-0.15, -0.1) is 6.58 Å². The molecule has 0 aliphatic carbocycles. The molecule has 7 nitrogen and oxygen atoms in total. The fourth-order valence-electron chi connectivity index (χ4n) is 1.80. The summed E-state index contributed by atoms with van der Waals surface area (Å²) in [7, 11) is 0. The minimum atomic E-state index is -0.606. The summed E-state index contributed by atoms with van der Waals surface area (Å²) in [5, 5.41) is 13.8. The van der Waals surface area contributed by atoms with Gasteiger partial charge < -0.3 is 5.11 Å². The van der Waals surface area contributed by atoms with Gasteiger partial charge in [0.2, 0.25) is 5.88 Å². The van der Waals surface area contributed by atoms with Gasteiger partial charge in [-0.05, 0) is 24.4 Å². The highest BCUT2D eigenvalue weighted by atomic mass is 32.1. The zero-order valence-electron chi connectivity index (χ0n) is 12.0. The number of hydrogen-bond donors (Lipinski definition) is 3. The molecule has 0 atom stereocenters. The van der Waals surface area contributed by atoms with E-state index in [9.17, 15) is 14.7 Å². The normalized spacial score (nSPS) is 10.6. The number of aromatic hydroxyl groups is 1. The maximum Gasteiger partial charge on any atom is 0.271 e. The lowest BCUT2D eigenvalue weighted by atomic mass is 10.2. The summed E-state index contributed by atoms with van der Waals surface area (Å²) in [5.41, 5.74) is 1.98. The van der Waals surface area contributed by atoms with Crippen LogP contribution in [0.4, 0.5) is 0 Å². The van der Waals surface area contributed by atoms with Crippen molar-refractivity contribution in [2.24, 2.45) is 5.10 Å². The van der Waals surface area contributed by atoms with Crippen LogP contribution in [0.3, 0.4) is 0 Å². The van der Waals surface area contributed by atoms with E-state index in [-0.39, 0.29) is 22.8 Å². The predicted molar refractivity (Wildman–Crippen MR) is 89.3 cm³/mol. The van der Waals surface area contributed by atoms with E-state index < -0.39 is 11.5 Å². The van der Waals surface area contributed by atoms with Gasteiger partial charge in [-0.3, -0.25) is 19.1 Å². The number of benzene rings is 1. The van der Waals surface area contributed by atoms with Gasteiger partial charge in [-0.25, -0.2) is 5.43 Å². The fraction of sp³-hybridized carbons (Fsp3) is 0.0667. The molecule has 3 N–H and O–H groups in total. The van der Waals surface area contributed by atoms with Gasteiger partial charge in [0.15, 0.2) is 4.77 Å². The standard InChI is InChI=1S/C15H14N4O3S/c1-2-8-19-14(22)11(13(21)17-15(19)23)9-16-18-12(20)10-6-4-3-5-7-10/h2-7,9,22H,1,8H2,(H,18,20)(H,17,21,23). The van der Waals surface area contributed by atoms with Gasteiger partial charge in [-0.2, -0.15) is 5.10 Å². The molecule has 0 saturated carbocycles. The third-order valence-corrected chi connectivity index (χ3v) is 3.24. The number of allylic oxidation sites excluding steroid dienone is 1. The van der Waals surface area contributed by atoms with Gasteiger partial charge >= 0.3 is 0 Å². The highest BCUT2D eigenvalue weighted by Gasteiger charge is 2.10. The SMILES string of the molecule is C=CCn1c(O)c(C=NNC(=O)c2ccccc2)c(=O)[nH]c1=S. The number of hydrogen-bond acceptors (Lipinski definition) is 5. The number of carbonyl (C=O) groups is 1. The lowest BCUT2D eigenvalue weighted by Crippen LogP contribution is -2.21. The van der Waals surface area contributed by atoms with Crippen LogP contribution in [0, 0.1) is 4.77 Å². The van der Waals surface area contributed by atoms with Crippen molar-refractivity contribution < 1.29 is 9.90 Å². The first kappa shape index (κ1) is 16.4. The number of nitrogens with one attached hydrogen (secondary N) is 2. The van der Waals surface area contributed by atoms with Crippen molar-refractivity contribution in [1.29, 1.82) is 0 Å². The molecule has 0 aliphatic heterocycles. The second-order valence-corrected chi connectivity index (χ2v) is 4.85. The molecule has 0 saturated heterocycles. The maximum absolute atomic E-state index is 11.8. The number of nitrogens with zero attached hydrogens (tertiary/aromatic N) is 2. The number of H-pyrrole nitrogens is 1. The van der Waals surface area contributed by atoms with Crippen LogP contribution in [-0.2, 0) is 6.54 Å². The first-order valence-electron chi connectivity index (χ1n) is 6.60. The van der Waals surface area contributed by atoms with Crippen molar-refractivity contribution >= 4 is 24.3 Å². The van der Waals surface area contributed by atoms with Crippen LogP contribution >= 0.6 is 12.2 Å². The minimum absolute atomic E-state index is 0.0675. The van der Waals surface area contributed by atoms with E-state index in [2.05, 4.69) is 22.1 Å². The molecule has 0 radical (unpaired) electrons. The third kappa shape index (κ3) is 3.80. The van der Waals surface area contributed by atoms with Crippen LogP contribution in [0.1, 0.15) is 15.9 Å². The second-order valence-electron chi connectivity index (χ2n) is 4.46. The van der Waals surface area contributed by atoms with E-state index in [1.54, 1.807) is 30.3 Å². The molecule has 23 heavy (non-hydrogen) atoms. The summed E-state index contributed by atoms with van der Waals surface area (Å²) >= 11 is 4.96.